The minimum atomic E-state index is -3.89. The molecule has 0 atom stereocenters. The van der Waals surface area contributed by atoms with Gasteiger partial charge < -0.3 is 5.73 Å². The maximum atomic E-state index is 13.6. The van der Waals surface area contributed by atoms with Crippen LogP contribution in [0.25, 0.3) is 0 Å². The molecular formula is C13H11Br2FN2O2S. The Kier molecular flexibility index (Phi) is 4.60. The molecule has 0 aliphatic rings. The Hall–Kier alpha value is -1.12. The Morgan fingerprint density at radius 3 is 2.48 bits per heavy atom. The number of sulfonamides is 1. The summed E-state index contributed by atoms with van der Waals surface area (Å²) < 4.78 is 41.5. The molecule has 21 heavy (non-hydrogen) atoms. The van der Waals surface area contributed by atoms with Gasteiger partial charge in [-0.1, -0.05) is 15.9 Å². The van der Waals surface area contributed by atoms with E-state index in [2.05, 4.69) is 36.6 Å². The number of anilines is 2. The third-order valence-corrected chi connectivity index (χ3v) is 5.31. The summed E-state index contributed by atoms with van der Waals surface area (Å²) in [6.07, 6.45) is 0. The number of nitrogen functional groups attached to an aromatic ring is 1. The summed E-state index contributed by atoms with van der Waals surface area (Å²) in [6.45, 7) is 1.67. The van der Waals surface area contributed by atoms with Gasteiger partial charge in [0.05, 0.1) is 15.8 Å². The van der Waals surface area contributed by atoms with Crippen molar-refractivity contribution in [1.82, 2.24) is 0 Å². The number of nitrogens with one attached hydrogen (secondary N) is 1. The summed E-state index contributed by atoms with van der Waals surface area (Å²) in [5.74, 6) is -0.554. The highest BCUT2D eigenvalue weighted by Gasteiger charge is 2.19. The lowest BCUT2D eigenvalue weighted by Crippen LogP contribution is -2.15. The van der Waals surface area contributed by atoms with Crippen LogP contribution in [0.4, 0.5) is 15.8 Å². The maximum absolute atomic E-state index is 13.6. The molecule has 3 N–H and O–H groups in total. The van der Waals surface area contributed by atoms with Crippen LogP contribution in [0, 0.1) is 12.7 Å². The third-order valence-electron chi connectivity index (χ3n) is 2.77. The minimum Gasteiger partial charge on any atom is -0.398 e. The van der Waals surface area contributed by atoms with E-state index in [-0.39, 0.29) is 20.7 Å². The largest absolute Gasteiger partial charge is 0.398 e. The normalized spacial score (nSPS) is 11.4. The Balaban J connectivity index is 2.45. The number of halogens is 3. The SMILES string of the molecule is Cc1cc(Br)c(F)cc1NS(=O)(=O)c1ccc(Br)cc1N. The third kappa shape index (κ3) is 3.56. The molecule has 0 saturated carbocycles. The van der Waals surface area contributed by atoms with Crippen molar-refractivity contribution in [3.8, 4) is 0 Å². The first-order valence-corrected chi connectivity index (χ1v) is 8.81. The van der Waals surface area contributed by atoms with E-state index < -0.39 is 15.8 Å². The number of aryl methyl sites for hydroxylation is 1. The van der Waals surface area contributed by atoms with Crippen molar-refractivity contribution in [3.05, 3.63) is 50.7 Å². The second-order valence-corrected chi connectivity index (χ2v) is 7.79. The molecule has 0 heterocycles. The highest BCUT2D eigenvalue weighted by molar-refractivity contribution is 9.10. The van der Waals surface area contributed by atoms with Gasteiger partial charge in [0.15, 0.2) is 0 Å². The van der Waals surface area contributed by atoms with Crippen LogP contribution >= 0.6 is 31.9 Å². The molecule has 0 fully saturated rings. The first-order chi connectivity index (χ1) is 9.70. The number of nitrogens with two attached hydrogens (primary N) is 1. The zero-order chi connectivity index (χ0) is 15.8. The summed E-state index contributed by atoms with van der Waals surface area (Å²) >= 11 is 6.26. The monoisotopic (exact) mass is 436 g/mol. The van der Waals surface area contributed by atoms with Crippen LogP contribution in [-0.4, -0.2) is 8.42 Å². The fraction of sp³-hybridized carbons (Fsp3) is 0.0769. The second-order valence-electron chi connectivity index (χ2n) is 4.37. The maximum Gasteiger partial charge on any atom is 0.263 e. The summed E-state index contributed by atoms with van der Waals surface area (Å²) in [6, 6.07) is 7.06. The molecule has 2 aromatic rings. The molecule has 0 radical (unpaired) electrons. The van der Waals surface area contributed by atoms with Gasteiger partial charge in [-0.25, -0.2) is 12.8 Å². The molecule has 0 aliphatic carbocycles. The molecule has 2 aromatic carbocycles. The van der Waals surface area contributed by atoms with Gasteiger partial charge >= 0.3 is 0 Å². The van der Waals surface area contributed by atoms with Gasteiger partial charge in [-0.2, -0.15) is 0 Å². The standard InChI is InChI=1S/C13H11Br2FN2O2S/c1-7-4-9(15)10(16)6-12(7)18-21(19,20)13-3-2-8(14)5-11(13)17/h2-6,18H,17H2,1H3. The lowest BCUT2D eigenvalue weighted by molar-refractivity contribution is 0.601. The Morgan fingerprint density at radius 2 is 1.86 bits per heavy atom. The molecule has 8 heteroatoms. The highest BCUT2D eigenvalue weighted by atomic mass is 79.9. The van der Waals surface area contributed by atoms with Gasteiger partial charge in [0.2, 0.25) is 0 Å². The molecular weight excluding hydrogens is 427 g/mol. The van der Waals surface area contributed by atoms with Crippen LogP contribution in [0.3, 0.4) is 0 Å². The molecule has 112 valence electrons. The van der Waals surface area contributed by atoms with Crippen LogP contribution in [-0.2, 0) is 10.0 Å². The molecule has 0 aliphatic heterocycles. The minimum absolute atomic E-state index is 0.0616. The lowest BCUT2D eigenvalue weighted by atomic mass is 10.2. The molecule has 0 saturated heterocycles. The van der Waals surface area contributed by atoms with Crippen molar-refractivity contribution in [3.63, 3.8) is 0 Å². The summed E-state index contributed by atoms with van der Waals surface area (Å²) in [7, 11) is -3.89. The van der Waals surface area contributed by atoms with Gasteiger partial charge in [-0.15, -0.1) is 0 Å². The lowest BCUT2D eigenvalue weighted by Gasteiger charge is -2.13. The van der Waals surface area contributed by atoms with E-state index in [1.54, 1.807) is 13.0 Å². The molecule has 0 aromatic heterocycles. The first kappa shape index (κ1) is 16.3. The Morgan fingerprint density at radius 1 is 1.19 bits per heavy atom. The van der Waals surface area contributed by atoms with Gasteiger partial charge in [0.1, 0.15) is 10.7 Å². The smallest absolute Gasteiger partial charge is 0.263 e. The van der Waals surface area contributed by atoms with Crippen LogP contribution in [0.1, 0.15) is 5.56 Å². The van der Waals surface area contributed by atoms with Crippen LogP contribution < -0.4 is 10.5 Å². The van der Waals surface area contributed by atoms with E-state index in [4.69, 9.17) is 5.73 Å². The zero-order valence-electron chi connectivity index (χ0n) is 10.8. The van der Waals surface area contributed by atoms with Crippen molar-refractivity contribution < 1.29 is 12.8 Å². The van der Waals surface area contributed by atoms with E-state index in [1.165, 1.54) is 18.2 Å². The molecule has 4 nitrogen and oxygen atoms in total. The van der Waals surface area contributed by atoms with Crippen molar-refractivity contribution in [1.29, 1.82) is 0 Å². The highest BCUT2D eigenvalue weighted by Crippen LogP contribution is 2.28. The van der Waals surface area contributed by atoms with Crippen LogP contribution in [0.5, 0.6) is 0 Å². The van der Waals surface area contributed by atoms with E-state index in [0.29, 0.717) is 10.0 Å². The van der Waals surface area contributed by atoms with Crippen LogP contribution in [0.15, 0.2) is 44.2 Å². The zero-order valence-corrected chi connectivity index (χ0v) is 14.8. The van der Waals surface area contributed by atoms with Crippen LogP contribution in [0.2, 0.25) is 0 Å². The first-order valence-electron chi connectivity index (χ1n) is 5.74. The van der Waals surface area contributed by atoms with Crippen molar-refractivity contribution >= 4 is 53.3 Å². The van der Waals surface area contributed by atoms with E-state index in [0.717, 1.165) is 6.07 Å². The number of rotatable bonds is 3. The van der Waals surface area contributed by atoms with Crippen molar-refractivity contribution in [2.45, 2.75) is 11.8 Å². The van der Waals surface area contributed by atoms with Gasteiger partial charge in [-0.05, 0) is 58.7 Å². The van der Waals surface area contributed by atoms with Crippen molar-refractivity contribution in [2.75, 3.05) is 10.5 Å². The predicted molar refractivity (Wildman–Crippen MR) is 88.2 cm³/mol. The summed E-state index contributed by atoms with van der Waals surface area (Å²) in [5.41, 5.74) is 6.58. The molecule has 0 amide bonds. The summed E-state index contributed by atoms with van der Waals surface area (Å²) in [5, 5.41) is 0. The molecule has 0 unspecified atom stereocenters. The number of hydrogen-bond donors (Lipinski definition) is 2. The van der Waals surface area contributed by atoms with Gasteiger partial charge in [0.25, 0.3) is 10.0 Å². The van der Waals surface area contributed by atoms with Crippen molar-refractivity contribution in [2.24, 2.45) is 0 Å². The summed E-state index contributed by atoms with van der Waals surface area (Å²) in [4.78, 5) is -0.0616. The van der Waals surface area contributed by atoms with E-state index in [9.17, 15) is 12.8 Å². The van der Waals surface area contributed by atoms with Gasteiger partial charge in [-0.3, -0.25) is 4.72 Å². The second kappa shape index (κ2) is 5.94. The fourth-order valence-electron chi connectivity index (χ4n) is 1.72. The molecule has 2 rings (SSSR count). The number of hydrogen-bond acceptors (Lipinski definition) is 3. The van der Waals surface area contributed by atoms with Gasteiger partial charge in [0, 0.05) is 4.47 Å². The Bertz CT molecular complexity index is 810. The predicted octanol–water partition coefficient (Wildman–Crippen LogP) is 4.04. The number of benzene rings is 2. The average molecular weight is 438 g/mol. The average Bonchev–Trinajstić information content (AvgIpc) is 2.35. The van der Waals surface area contributed by atoms with E-state index in [1.807, 2.05) is 0 Å². The molecule has 0 bridgehead atoms. The van der Waals surface area contributed by atoms with E-state index >= 15 is 0 Å². The molecule has 0 spiro atoms. The fourth-order valence-corrected chi connectivity index (χ4v) is 3.79. The topological polar surface area (TPSA) is 72.2 Å². The Labute approximate surface area is 138 Å². The quantitative estimate of drug-likeness (QED) is 0.711.